The topological polar surface area (TPSA) is 62.8 Å². The maximum atomic E-state index is 11.2. The molecule has 1 aromatic rings. The molecule has 0 saturated heterocycles. The van der Waals surface area contributed by atoms with Crippen LogP contribution in [0.25, 0.3) is 0 Å². The Labute approximate surface area is 68.6 Å². The Morgan fingerprint density at radius 3 is 3.00 bits per heavy atom. The van der Waals surface area contributed by atoms with E-state index < -0.39 is 0 Å². The van der Waals surface area contributed by atoms with Crippen LogP contribution in [-0.4, -0.2) is 15.8 Å². The number of hydrogen-bond acceptors (Lipinski definition) is 3. The Kier molecular flexibility index (Phi) is 1.36. The predicted molar refractivity (Wildman–Crippen MR) is 42.2 cm³/mol. The van der Waals surface area contributed by atoms with Crippen LogP contribution >= 0.6 is 0 Å². The first-order valence-electron chi connectivity index (χ1n) is 3.81. The van der Waals surface area contributed by atoms with Crippen LogP contribution in [-0.2, 0) is 0 Å². The Bertz CT molecular complexity index is 394. The summed E-state index contributed by atoms with van der Waals surface area (Å²) in [5, 5.41) is 0. The SMILES string of the molecule is CC1CC(=O)c2nc[nH]c(=O)c21. The average Bonchev–Trinajstić information content (AvgIpc) is 2.29. The van der Waals surface area contributed by atoms with Crippen molar-refractivity contribution in [3.8, 4) is 0 Å². The van der Waals surface area contributed by atoms with Crippen molar-refractivity contribution in [2.75, 3.05) is 0 Å². The van der Waals surface area contributed by atoms with Gasteiger partial charge >= 0.3 is 0 Å². The molecule has 2 rings (SSSR count). The molecule has 0 saturated carbocycles. The van der Waals surface area contributed by atoms with Crippen molar-refractivity contribution in [1.82, 2.24) is 9.97 Å². The van der Waals surface area contributed by atoms with Crippen molar-refractivity contribution in [2.24, 2.45) is 0 Å². The molecule has 0 amide bonds. The number of carbonyl (C=O) groups excluding carboxylic acids is 1. The minimum Gasteiger partial charge on any atom is -0.313 e. The van der Waals surface area contributed by atoms with Gasteiger partial charge in [0.1, 0.15) is 5.69 Å². The van der Waals surface area contributed by atoms with E-state index in [2.05, 4.69) is 9.97 Å². The van der Waals surface area contributed by atoms with Crippen LogP contribution < -0.4 is 5.56 Å². The van der Waals surface area contributed by atoms with Gasteiger partial charge in [-0.2, -0.15) is 0 Å². The van der Waals surface area contributed by atoms with Crippen molar-refractivity contribution in [1.29, 1.82) is 0 Å². The highest BCUT2D eigenvalue weighted by Crippen LogP contribution is 2.27. The standard InChI is InChI=1S/C8H8N2O2/c1-4-2-5(11)7-6(4)8(12)10-3-9-7/h3-4H,2H2,1H3,(H,9,10,12). The molecule has 0 fully saturated rings. The molecule has 0 radical (unpaired) electrons. The number of aromatic nitrogens is 2. The molecular weight excluding hydrogens is 156 g/mol. The summed E-state index contributed by atoms with van der Waals surface area (Å²) in [6.45, 7) is 1.86. The molecule has 1 heterocycles. The van der Waals surface area contributed by atoms with Crippen LogP contribution in [0.15, 0.2) is 11.1 Å². The van der Waals surface area contributed by atoms with Gasteiger partial charge in [-0.3, -0.25) is 9.59 Å². The molecule has 1 aliphatic carbocycles. The molecule has 1 N–H and O–H groups in total. The van der Waals surface area contributed by atoms with E-state index in [4.69, 9.17) is 0 Å². The van der Waals surface area contributed by atoms with Crippen molar-refractivity contribution >= 4 is 5.78 Å². The molecule has 1 atom stereocenters. The smallest absolute Gasteiger partial charge is 0.254 e. The summed E-state index contributed by atoms with van der Waals surface area (Å²) in [4.78, 5) is 28.7. The number of aromatic amines is 1. The van der Waals surface area contributed by atoms with E-state index in [0.29, 0.717) is 17.7 Å². The minimum atomic E-state index is -0.182. The number of H-pyrrole nitrogens is 1. The molecule has 4 nitrogen and oxygen atoms in total. The monoisotopic (exact) mass is 164 g/mol. The van der Waals surface area contributed by atoms with E-state index >= 15 is 0 Å². The van der Waals surface area contributed by atoms with Gasteiger partial charge in [-0.1, -0.05) is 6.92 Å². The number of ketones is 1. The van der Waals surface area contributed by atoms with Crippen molar-refractivity contribution in [2.45, 2.75) is 19.3 Å². The number of nitrogens with zero attached hydrogens (tertiary/aromatic N) is 1. The molecular formula is C8H8N2O2. The lowest BCUT2D eigenvalue weighted by atomic mass is 10.1. The minimum absolute atomic E-state index is 0.0185. The summed E-state index contributed by atoms with van der Waals surface area (Å²) in [6, 6.07) is 0. The number of carbonyl (C=O) groups is 1. The summed E-state index contributed by atoms with van der Waals surface area (Å²) in [6.07, 6.45) is 1.69. The van der Waals surface area contributed by atoms with Crippen LogP contribution in [0.2, 0.25) is 0 Å². The van der Waals surface area contributed by atoms with Crippen molar-refractivity contribution in [3.63, 3.8) is 0 Å². The Morgan fingerprint density at radius 2 is 2.33 bits per heavy atom. The average molecular weight is 164 g/mol. The number of rotatable bonds is 0. The molecule has 1 aliphatic rings. The molecule has 0 spiro atoms. The highest BCUT2D eigenvalue weighted by molar-refractivity contribution is 5.99. The van der Waals surface area contributed by atoms with E-state index in [1.807, 2.05) is 6.92 Å². The zero-order valence-corrected chi connectivity index (χ0v) is 6.63. The summed E-state index contributed by atoms with van der Waals surface area (Å²) in [5.41, 5.74) is 0.715. The number of nitrogens with one attached hydrogen (secondary N) is 1. The Morgan fingerprint density at radius 1 is 1.58 bits per heavy atom. The van der Waals surface area contributed by atoms with Gasteiger partial charge in [0.25, 0.3) is 5.56 Å². The fourth-order valence-electron chi connectivity index (χ4n) is 1.57. The number of fused-ring (bicyclic) bond motifs is 1. The largest absolute Gasteiger partial charge is 0.313 e. The highest BCUT2D eigenvalue weighted by atomic mass is 16.1. The number of hydrogen-bond donors (Lipinski definition) is 1. The molecule has 0 bridgehead atoms. The van der Waals surface area contributed by atoms with E-state index in [1.165, 1.54) is 6.33 Å². The second-order valence-corrected chi connectivity index (χ2v) is 3.02. The molecule has 1 aromatic heterocycles. The van der Waals surface area contributed by atoms with Gasteiger partial charge in [-0.05, 0) is 5.92 Å². The van der Waals surface area contributed by atoms with Crippen LogP contribution in [0.1, 0.15) is 35.3 Å². The predicted octanol–water partition coefficient (Wildman–Crippen LogP) is 0.460. The van der Waals surface area contributed by atoms with Gasteiger partial charge < -0.3 is 4.98 Å². The van der Waals surface area contributed by atoms with Gasteiger partial charge in [-0.15, -0.1) is 0 Å². The maximum Gasteiger partial charge on any atom is 0.254 e. The zero-order chi connectivity index (χ0) is 8.72. The second kappa shape index (κ2) is 2.27. The van der Waals surface area contributed by atoms with Gasteiger partial charge in [0.2, 0.25) is 0 Å². The summed E-state index contributed by atoms with van der Waals surface area (Å²) < 4.78 is 0. The quantitative estimate of drug-likeness (QED) is 0.605. The fraction of sp³-hybridized carbons (Fsp3) is 0.375. The fourth-order valence-corrected chi connectivity index (χ4v) is 1.57. The molecule has 0 aromatic carbocycles. The molecule has 0 aliphatic heterocycles. The van der Waals surface area contributed by atoms with Crippen molar-refractivity contribution in [3.05, 3.63) is 27.9 Å². The van der Waals surface area contributed by atoms with Gasteiger partial charge in [0.05, 0.1) is 6.33 Å². The lowest BCUT2D eigenvalue weighted by Gasteiger charge is -1.97. The number of Topliss-reactive ketones (excluding diaryl/α,β-unsaturated/α-hetero) is 1. The molecule has 12 heavy (non-hydrogen) atoms. The zero-order valence-electron chi connectivity index (χ0n) is 6.63. The molecule has 62 valence electrons. The highest BCUT2D eigenvalue weighted by Gasteiger charge is 2.29. The first kappa shape index (κ1) is 7.21. The van der Waals surface area contributed by atoms with Crippen LogP contribution in [0.3, 0.4) is 0 Å². The van der Waals surface area contributed by atoms with Crippen molar-refractivity contribution < 1.29 is 4.79 Å². The summed E-state index contributed by atoms with van der Waals surface area (Å²) >= 11 is 0. The Balaban J connectivity index is 2.76. The van der Waals surface area contributed by atoms with Gasteiger partial charge in [0.15, 0.2) is 5.78 Å². The van der Waals surface area contributed by atoms with Crippen LogP contribution in [0.4, 0.5) is 0 Å². The van der Waals surface area contributed by atoms with E-state index in [1.54, 1.807) is 0 Å². The summed E-state index contributed by atoms with van der Waals surface area (Å²) in [7, 11) is 0. The van der Waals surface area contributed by atoms with E-state index in [0.717, 1.165) is 0 Å². The normalized spacial score (nSPS) is 21.1. The maximum absolute atomic E-state index is 11.2. The molecule has 4 heteroatoms. The van der Waals surface area contributed by atoms with Crippen LogP contribution in [0.5, 0.6) is 0 Å². The third-order valence-electron chi connectivity index (χ3n) is 2.14. The van der Waals surface area contributed by atoms with Crippen LogP contribution in [0, 0.1) is 0 Å². The van der Waals surface area contributed by atoms with Gasteiger partial charge in [0, 0.05) is 12.0 Å². The van der Waals surface area contributed by atoms with E-state index in [9.17, 15) is 9.59 Å². The third-order valence-corrected chi connectivity index (χ3v) is 2.14. The Hall–Kier alpha value is -1.45. The first-order chi connectivity index (χ1) is 5.70. The van der Waals surface area contributed by atoms with Gasteiger partial charge in [-0.25, -0.2) is 4.98 Å². The summed E-state index contributed by atoms with van der Waals surface area (Å²) in [5.74, 6) is -0.00597. The molecule has 1 unspecified atom stereocenters. The first-order valence-corrected chi connectivity index (χ1v) is 3.81. The lowest BCUT2D eigenvalue weighted by molar-refractivity contribution is 0.0986. The second-order valence-electron chi connectivity index (χ2n) is 3.02. The third kappa shape index (κ3) is 0.809. The van der Waals surface area contributed by atoms with E-state index in [-0.39, 0.29) is 17.3 Å². The lowest BCUT2D eigenvalue weighted by Crippen LogP contribution is -2.14.